The van der Waals surface area contributed by atoms with Gasteiger partial charge in [0.05, 0.1) is 0 Å². The zero-order valence-electron chi connectivity index (χ0n) is 12.9. The Morgan fingerprint density at radius 2 is 1.95 bits per heavy atom. The zero-order valence-corrected chi connectivity index (χ0v) is 13.7. The first-order valence-electron chi connectivity index (χ1n) is 7.69. The Morgan fingerprint density at radius 1 is 1.23 bits per heavy atom. The molecule has 5 nitrogen and oxygen atoms in total. The molecule has 2 rings (SSSR count). The molecule has 0 aliphatic heterocycles. The van der Waals surface area contributed by atoms with E-state index in [2.05, 4.69) is 16.2 Å². The van der Waals surface area contributed by atoms with E-state index in [0.717, 1.165) is 18.4 Å². The molecule has 1 aromatic carbocycles. The van der Waals surface area contributed by atoms with Gasteiger partial charge >= 0.3 is 0 Å². The number of nitrogens with one attached hydrogen (secondary N) is 3. The fraction of sp³-hybridized carbons (Fsp3) is 0.500. The van der Waals surface area contributed by atoms with Gasteiger partial charge in [-0.15, -0.1) is 0 Å². The Kier molecular flexibility index (Phi) is 6.45. The van der Waals surface area contributed by atoms with Crippen LogP contribution in [0.4, 0.5) is 0 Å². The molecule has 1 amide bonds. The van der Waals surface area contributed by atoms with E-state index in [1.54, 1.807) is 0 Å². The van der Waals surface area contributed by atoms with Gasteiger partial charge in [0.1, 0.15) is 5.75 Å². The van der Waals surface area contributed by atoms with Crippen molar-refractivity contribution in [3.63, 3.8) is 0 Å². The van der Waals surface area contributed by atoms with Crippen LogP contribution in [0.25, 0.3) is 0 Å². The van der Waals surface area contributed by atoms with Gasteiger partial charge in [-0.05, 0) is 43.6 Å². The fourth-order valence-corrected chi connectivity index (χ4v) is 2.71. The summed E-state index contributed by atoms with van der Waals surface area (Å²) in [5, 5.41) is 3.68. The Balaban J connectivity index is 1.64. The minimum absolute atomic E-state index is 0.0517. The number of amides is 1. The number of hydrogen-bond donors (Lipinski definition) is 3. The third-order valence-electron chi connectivity index (χ3n) is 3.71. The van der Waals surface area contributed by atoms with Crippen molar-refractivity contribution in [1.29, 1.82) is 0 Å². The summed E-state index contributed by atoms with van der Waals surface area (Å²) in [5.41, 5.74) is 6.26. The van der Waals surface area contributed by atoms with Crippen LogP contribution in [0, 0.1) is 6.92 Å². The molecule has 0 radical (unpaired) electrons. The fourth-order valence-electron chi connectivity index (χ4n) is 2.49. The van der Waals surface area contributed by atoms with Gasteiger partial charge in [0.15, 0.2) is 11.7 Å². The summed E-state index contributed by atoms with van der Waals surface area (Å²) >= 11 is 5.17. The second-order valence-corrected chi connectivity index (χ2v) is 5.94. The topological polar surface area (TPSA) is 62.4 Å². The monoisotopic (exact) mass is 321 g/mol. The SMILES string of the molecule is Cc1ccccc1OCC(=O)NNC(=S)NC1CCCCC1. The van der Waals surface area contributed by atoms with E-state index in [1.165, 1.54) is 19.3 Å². The van der Waals surface area contributed by atoms with Gasteiger partial charge in [0, 0.05) is 6.04 Å². The average molecular weight is 321 g/mol. The highest BCUT2D eigenvalue weighted by atomic mass is 32.1. The number of hydrogen-bond acceptors (Lipinski definition) is 3. The molecule has 1 aliphatic rings. The molecule has 6 heteroatoms. The molecule has 1 aliphatic carbocycles. The molecular weight excluding hydrogens is 298 g/mol. The molecule has 1 fully saturated rings. The molecule has 0 saturated heterocycles. The van der Waals surface area contributed by atoms with E-state index in [-0.39, 0.29) is 12.5 Å². The highest BCUT2D eigenvalue weighted by Crippen LogP contribution is 2.17. The van der Waals surface area contributed by atoms with E-state index in [4.69, 9.17) is 17.0 Å². The normalized spacial score (nSPS) is 15.0. The standard InChI is InChI=1S/C16H23N3O2S/c1-12-7-5-6-10-14(12)21-11-15(20)18-19-16(22)17-13-8-3-2-4-9-13/h5-7,10,13H,2-4,8-9,11H2,1H3,(H,18,20)(H2,17,19,22). The zero-order chi connectivity index (χ0) is 15.8. The molecule has 0 heterocycles. The summed E-state index contributed by atoms with van der Waals surface area (Å²) < 4.78 is 5.47. The van der Waals surface area contributed by atoms with Crippen molar-refractivity contribution in [3.05, 3.63) is 29.8 Å². The minimum atomic E-state index is -0.268. The number of thiocarbonyl (C=S) groups is 1. The molecule has 0 unspecified atom stereocenters. The Labute approximate surface area is 136 Å². The molecular formula is C16H23N3O2S. The first-order valence-corrected chi connectivity index (χ1v) is 8.10. The van der Waals surface area contributed by atoms with Gasteiger partial charge in [-0.2, -0.15) is 0 Å². The lowest BCUT2D eigenvalue weighted by molar-refractivity contribution is -0.123. The van der Waals surface area contributed by atoms with Gasteiger partial charge in [0.25, 0.3) is 5.91 Å². The lowest BCUT2D eigenvalue weighted by Gasteiger charge is -2.24. The van der Waals surface area contributed by atoms with E-state index in [1.807, 2.05) is 31.2 Å². The Bertz CT molecular complexity index is 516. The second-order valence-electron chi connectivity index (χ2n) is 5.54. The van der Waals surface area contributed by atoms with Crippen LogP contribution in [-0.2, 0) is 4.79 Å². The van der Waals surface area contributed by atoms with Crippen molar-refractivity contribution in [2.45, 2.75) is 45.1 Å². The smallest absolute Gasteiger partial charge is 0.276 e. The van der Waals surface area contributed by atoms with Crippen LogP contribution in [0.15, 0.2) is 24.3 Å². The summed E-state index contributed by atoms with van der Waals surface area (Å²) in [7, 11) is 0. The van der Waals surface area contributed by atoms with Crippen molar-refractivity contribution in [2.75, 3.05) is 6.61 Å². The minimum Gasteiger partial charge on any atom is -0.483 e. The predicted octanol–water partition coefficient (Wildman–Crippen LogP) is 2.20. The maximum absolute atomic E-state index is 11.7. The number of hydrazine groups is 1. The van der Waals surface area contributed by atoms with E-state index in [0.29, 0.717) is 16.9 Å². The maximum Gasteiger partial charge on any atom is 0.276 e. The Hall–Kier alpha value is -1.82. The molecule has 0 spiro atoms. The number of rotatable bonds is 4. The molecule has 1 aromatic rings. The third kappa shape index (κ3) is 5.52. The van der Waals surface area contributed by atoms with Crippen LogP contribution in [0.5, 0.6) is 5.75 Å². The summed E-state index contributed by atoms with van der Waals surface area (Å²) in [5.74, 6) is 0.441. The molecule has 22 heavy (non-hydrogen) atoms. The van der Waals surface area contributed by atoms with Crippen LogP contribution in [0.3, 0.4) is 0 Å². The molecule has 1 saturated carbocycles. The highest BCUT2D eigenvalue weighted by molar-refractivity contribution is 7.80. The number of aryl methyl sites for hydroxylation is 1. The number of benzene rings is 1. The third-order valence-corrected chi connectivity index (χ3v) is 3.93. The van der Waals surface area contributed by atoms with Crippen LogP contribution in [0.1, 0.15) is 37.7 Å². The van der Waals surface area contributed by atoms with Crippen molar-refractivity contribution < 1.29 is 9.53 Å². The number of ether oxygens (including phenoxy) is 1. The molecule has 0 aromatic heterocycles. The van der Waals surface area contributed by atoms with Gasteiger partial charge in [-0.1, -0.05) is 37.5 Å². The van der Waals surface area contributed by atoms with Gasteiger partial charge in [-0.3, -0.25) is 15.6 Å². The summed E-state index contributed by atoms with van der Waals surface area (Å²) in [6, 6.07) is 8.00. The lowest BCUT2D eigenvalue weighted by atomic mass is 9.96. The van der Waals surface area contributed by atoms with Crippen LogP contribution >= 0.6 is 12.2 Å². The predicted molar refractivity (Wildman–Crippen MR) is 90.6 cm³/mol. The van der Waals surface area contributed by atoms with Crippen molar-refractivity contribution >= 4 is 23.2 Å². The molecule has 3 N–H and O–H groups in total. The number of para-hydroxylation sites is 1. The summed E-state index contributed by atoms with van der Waals surface area (Å²) in [6.45, 7) is 1.89. The van der Waals surface area contributed by atoms with Gasteiger partial charge in [0.2, 0.25) is 0 Å². The molecule has 120 valence electrons. The second kappa shape index (κ2) is 8.58. The van der Waals surface area contributed by atoms with E-state index < -0.39 is 0 Å². The number of carbonyl (C=O) groups is 1. The maximum atomic E-state index is 11.7. The first-order chi connectivity index (χ1) is 10.6. The van der Waals surface area contributed by atoms with Crippen LogP contribution in [0.2, 0.25) is 0 Å². The van der Waals surface area contributed by atoms with Crippen LogP contribution < -0.4 is 20.9 Å². The van der Waals surface area contributed by atoms with E-state index in [9.17, 15) is 4.79 Å². The van der Waals surface area contributed by atoms with Crippen molar-refractivity contribution in [1.82, 2.24) is 16.2 Å². The van der Waals surface area contributed by atoms with E-state index >= 15 is 0 Å². The average Bonchev–Trinajstić information content (AvgIpc) is 2.53. The number of carbonyl (C=O) groups excluding carboxylic acids is 1. The lowest BCUT2D eigenvalue weighted by Crippen LogP contribution is -2.51. The summed E-state index contributed by atoms with van der Waals surface area (Å²) in [6.07, 6.45) is 6.03. The van der Waals surface area contributed by atoms with Gasteiger partial charge in [-0.25, -0.2) is 0 Å². The van der Waals surface area contributed by atoms with Crippen molar-refractivity contribution in [3.8, 4) is 5.75 Å². The molecule has 0 bridgehead atoms. The van der Waals surface area contributed by atoms with Crippen molar-refractivity contribution in [2.24, 2.45) is 0 Å². The largest absolute Gasteiger partial charge is 0.483 e. The Morgan fingerprint density at radius 3 is 2.68 bits per heavy atom. The molecule has 0 atom stereocenters. The highest BCUT2D eigenvalue weighted by Gasteiger charge is 2.14. The quantitative estimate of drug-likeness (QED) is 0.586. The first kappa shape index (κ1) is 16.5. The van der Waals surface area contributed by atoms with Gasteiger partial charge < -0.3 is 10.1 Å². The van der Waals surface area contributed by atoms with Crippen LogP contribution in [-0.4, -0.2) is 23.7 Å². The summed E-state index contributed by atoms with van der Waals surface area (Å²) in [4.78, 5) is 11.7.